The number of rotatable bonds is 5. The van der Waals surface area contributed by atoms with Gasteiger partial charge in [0, 0.05) is 45.0 Å². The first-order chi connectivity index (χ1) is 17.0. The molecular weight excluding hydrogens is 456 g/mol. The molecule has 3 heterocycles. The highest BCUT2D eigenvalue weighted by atomic mass is 16.4. The average Bonchev–Trinajstić information content (AvgIpc) is 2.85. The minimum Gasteiger partial charge on any atom is -0.465 e. The van der Waals surface area contributed by atoms with E-state index in [1.807, 2.05) is 48.3 Å². The van der Waals surface area contributed by atoms with Crippen molar-refractivity contribution in [2.75, 3.05) is 23.8 Å². The Balaban J connectivity index is 1.57. The van der Waals surface area contributed by atoms with Gasteiger partial charge in [0.1, 0.15) is 11.6 Å². The summed E-state index contributed by atoms with van der Waals surface area (Å²) in [7, 11) is 3.61. The Labute approximate surface area is 211 Å². The number of carboxylic acid groups (broad SMARTS) is 1. The SMILES string of the molecule is CN(c1ccnc(NC2CCN(C(=O)O)C(C(C)(C)C)C2)n1)c1cc(-c2ccccc2)cc(=O)n1C. The number of amides is 1. The fraction of sp³-hybridized carbons (Fsp3) is 0.407. The smallest absolute Gasteiger partial charge is 0.407 e. The summed E-state index contributed by atoms with van der Waals surface area (Å²) in [6.07, 6.45) is 2.16. The summed E-state index contributed by atoms with van der Waals surface area (Å²) in [5.74, 6) is 1.82. The van der Waals surface area contributed by atoms with Crippen LogP contribution in [0.1, 0.15) is 33.6 Å². The van der Waals surface area contributed by atoms with Crippen molar-refractivity contribution >= 4 is 23.7 Å². The summed E-state index contributed by atoms with van der Waals surface area (Å²) >= 11 is 0. The van der Waals surface area contributed by atoms with E-state index in [1.54, 1.807) is 34.8 Å². The third-order valence-corrected chi connectivity index (χ3v) is 6.85. The van der Waals surface area contributed by atoms with Crippen LogP contribution in [0.4, 0.5) is 22.4 Å². The first kappa shape index (κ1) is 25.2. The highest BCUT2D eigenvalue weighted by Gasteiger charge is 2.38. The van der Waals surface area contributed by atoms with Gasteiger partial charge in [0.25, 0.3) is 5.56 Å². The lowest BCUT2D eigenvalue weighted by Crippen LogP contribution is -2.54. The van der Waals surface area contributed by atoms with E-state index >= 15 is 0 Å². The summed E-state index contributed by atoms with van der Waals surface area (Å²) in [5.41, 5.74) is 1.52. The van der Waals surface area contributed by atoms with Crippen molar-refractivity contribution in [3.8, 4) is 11.1 Å². The van der Waals surface area contributed by atoms with Crippen molar-refractivity contribution in [1.82, 2.24) is 19.4 Å². The maximum absolute atomic E-state index is 12.7. The third kappa shape index (κ3) is 5.35. The normalized spacial score (nSPS) is 18.1. The lowest BCUT2D eigenvalue weighted by Gasteiger charge is -2.44. The fourth-order valence-electron chi connectivity index (χ4n) is 4.79. The molecule has 0 bridgehead atoms. The van der Waals surface area contributed by atoms with Gasteiger partial charge in [0.15, 0.2) is 0 Å². The molecule has 3 aromatic rings. The Bertz CT molecular complexity index is 1280. The molecule has 9 nitrogen and oxygen atoms in total. The predicted octanol–water partition coefficient (Wildman–Crippen LogP) is 4.58. The molecule has 1 aromatic carbocycles. The molecule has 36 heavy (non-hydrogen) atoms. The number of nitrogens with zero attached hydrogens (tertiary/aromatic N) is 5. The van der Waals surface area contributed by atoms with Gasteiger partial charge in [0.2, 0.25) is 5.95 Å². The molecule has 1 aliphatic rings. The molecule has 0 aliphatic carbocycles. The van der Waals surface area contributed by atoms with E-state index < -0.39 is 6.09 Å². The minimum absolute atomic E-state index is 0.0520. The summed E-state index contributed by atoms with van der Waals surface area (Å²) in [6.45, 7) is 6.66. The van der Waals surface area contributed by atoms with Crippen molar-refractivity contribution in [3.63, 3.8) is 0 Å². The number of pyridine rings is 1. The van der Waals surface area contributed by atoms with Crippen LogP contribution in [0.2, 0.25) is 0 Å². The van der Waals surface area contributed by atoms with Crippen LogP contribution in [0, 0.1) is 5.41 Å². The molecule has 9 heteroatoms. The molecule has 0 saturated carbocycles. The third-order valence-electron chi connectivity index (χ3n) is 6.85. The molecule has 1 fully saturated rings. The van der Waals surface area contributed by atoms with Crippen molar-refractivity contribution in [1.29, 1.82) is 0 Å². The largest absolute Gasteiger partial charge is 0.465 e. The first-order valence-corrected chi connectivity index (χ1v) is 12.1. The van der Waals surface area contributed by atoms with Gasteiger partial charge in [0.05, 0.1) is 0 Å². The molecular formula is C27H34N6O3. The topological polar surface area (TPSA) is 104 Å². The number of hydrogen-bond acceptors (Lipinski definition) is 6. The highest BCUT2D eigenvalue weighted by Crippen LogP contribution is 2.33. The standard InChI is InChI=1S/C27H34N6O3/c1-27(2,3)21-17-20(12-14-33(21)26(35)36)29-25-28-13-11-22(30-25)31(4)23-15-19(16-24(34)32(23)5)18-9-7-6-8-10-18/h6-11,13,15-16,20-21H,12,14,17H2,1-5H3,(H,35,36)(H,28,29,30). The van der Waals surface area contributed by atoms with Crippen molar-refractivity contribution in [3.05, 3.63) is 65.1 Å². The minimum atomic E-state index is -0.878. The second-order valence-corrected chi connectivity index (χ2v) is 10.4. The molecule has 0 radical (unpaired) electrons. The number of nitrogens with one attached hydrogen (secondary N) is 1. The summed E-state index contributed by atoms with van der Waals surface area (Å²) in [6, 6.07) is 15.2. The van der Waals surface area contributed by atoms with Gasteiger partial charge in [-0.15, -0.1) is 0 Å². The van der Waals surface area contributed by atoms with Gasteiger partial charge >= 0.3 is 6.09 Å². The summed E-state index contributed by atoms with van der Waals surface area (Å²) < 4.78 is 1.59. The molecule has 2 aromatic heterocycles. The van der Waals surface area contributed by atoms with E-state index in [4.69, 9.17) is 4.98 Å². The zero-order valence-corrected chi connectivity index (χ0v) is 21.5. The van der Waals surface area contributed by atoms with Gasteiger partial charge < -0.3 is 20.2 Å². The molecule has 190 valence electrons. The Hall–Kier alpha value is -3.88. The van der Waals surface area contributed by atoms with Crippen LogP contribution in [-0.2, 0) is 7.05 Å². The number of piperidine rings is 1. The number of carbonyl (C=O) groups is 1. The lowest BCUT2D eigenvalue weighted by molar-refractivity contribution is 0.0557. The Morgan fingerprint density at radius 3 is 2.53 bits per heavy atom. The van der Waals surface area contributed by atoms with Crippen LogP contribution in [0.15, 0.2) is 59.5 Å². The average molecular weight is 491 g/mol. The summed E-state index contributed by atoms with van der Waals surface area (Å²) in [4.78, 5) is 37.0. The highest BCUT2D eigenvalue weighted by molar-refractivity contribution is 5.69. The summed E-state index contributed by atoms with van der Waals surface area (Å²) in [5, 5.41) is 13.1. The van der Waals surface area contributed by atoms with E-state index in [9.17, 15) is 14.7 Å². The van der Waals surface area contributed by atoms with Crippen molar-refractivity contribution < 1.29 is 9.90 Å². The van der Waals surface area contributed by atoms with Gasteiger partial charge in [-0.3, -0.25) is 9.36 Å². The van der Waals surface area contributed by atoms with Gasteiger partial charge in [-0.05, 0) is 41.5 Å². The molecule has 2 unspecified atom stereocenters. The Morgan fingerprint density at radius 1 is 1.14 bits per heavy atom. The van der Waals surface area contributed by atoms with Gasteiger partial charge in [-0.2, -0.15) is 4.98 Å². The van der Waals surface area contributed by atoms with Crippen LogP contribution in [0.3, 0.4) is 0 Å². The molecule has 2 N–H and O–H groups in total. The van der Waals surface area contributed by atoms with E-state index in [0.717, 1.165) is 11.1 Å². The van der Waals surface area contributed by atoms with E-state index in [0.29, 0.717) is 37.0 Å². The monoisotopic (exact) mass is 490 g/mol. The molecule has 1 saturated heterocycles. The second-order valence-electron chi connectivity index (χ2n) is 10.4. The van der Waals surface area contributed by atoms with E-state index in [2.05, 4.69) is 31.1 Å². The number of anilines is 3. The molecule has 1 amide bonds. The molecule has 4 rings (SSSR count). The van der Waals surface area contributed by atoms with Crippen molar-refractivity contribution in [2.24, 2.45) is 12.5 Å². The molecule has 2 atom stereocenters. The van der Waals surface area contributed by atoms with E-state index in [-0.39, 0.29) is 23.1 Å². The lowest BCUT2D eigenvalue weighted by atomic mass is 9.79. The van der Waals surface area contributed by atoms with Crippen LogP contribution >= 0.6 is 0 Å². The zero-order valence-electron chi connectivity index (χ0n) is 21.5. The van der Waals surface area contributed by atoms with Crippen molar-refractivity contribution in [2.45, 2.75) is 45.7 Å². The van der Waals surface area contributed by atoms with E-state index in [1.165, 1.54) is 0 Å². The Kier molecular flexibility index (Phi) is 7.01. The van der Waals surface area contributed by atoms with Gasteiger partial charge in [-0.1, -0.05) is 51.1 Å². The van der Waals surface area contributed by atoms with Crippen LogP contribution in [0.5, 0.6) is 0 Å². The van der Waals surface area contributed by atoms with Crippen LogP contribution in [0.25, 0.3) is 11.1 Å². The van der Waals surface area contributed by atoms with Gasteiger partial charge in [-0.25, -0.2) is 9.78 Å². The Morgan fingerprint density at radius 2 is 1.86 bits per heavy atom. The maximum Gasteiger partial charge on any atom is 0.407 e. The predicted molar refractivity (Wildman–Crippen MR) is 142 cm³/mol. The zero-order chi connectivity index (χ0) is 26.0. The first-order valence-electron chi connectivity index (χ1n) is 12.1. The van der Waals surface area contributed by atoms with Crippen LogP contribution < -0.4 is 15.8 Å². The van der Waals surface area contributed by atoms with Crippen LogP contribution in [-0.4, -0.2) is 56.3 Å². The second kappa shape index (κ2) is 10.0. The quantitative estimate of drug-likeness (QED) is 0.540. The molecule has 0 spiro atoms. The number of likely N-dealkylation sites (tertiary alicyclic amines) is 1. The number of benzene rings is 1. The fourth-order valence-corrected chi connectivity index (χ4v) is 4.79. The molecule has 1 aliphatic heterocycles. The number of hydrogen-bond donors (Lipinski definition) is 2. The number of aromatic nitrogens is 3. The maximum atomic E-state index is 12.7.